The van der Waals surface area contributed by atoms with E-state index in [1.54, 1.807) is 5.56 Å². The van der Waals surface area contributed by atoms with Gasteiger partial charge in [0, 0.05) is 31.6 Å². The van der Waals surface area contributed by atoms with Gasteiger partial charge in [0.05, 0.1) is 0 Å². The molecule has 2 heteroatoms. The highest BCUT2D eigenvalue weighted by Crippen LogP contribution is 2.27. The molecule has 0 saturated heterocycles. The number of nitrogens with zero attached hydrogens (tertiary/aromatic N) is 1. The maximum Gasteiger partial charge on any atom is 0.0208 e. The van der Waals surface area contributed by atoms with E-state index in [1.165, 1.54) is 50.6 Å². The molecule has 1 aromatic rings. The lowest BCUT2D eigenvalue weighted by Gasteiger charge is -2.34. The minimum absolute atomic E-state index is 0.660. The Morgan fingerprint density at radius 2 is 1.85 bits per heavy atom. The van der Waals surface area contributed by atoms with Crippen LogP contribution in [0.25, 0.3) is 0 Å². The topological polar surface area (TPSA) is 15.3 Å². The minimum atomic E-state index is 0.660. The van der Waals surface area contributed by atoms with Crippen LogP contribution in [0.2, 0.25) is 0 Å². The van der Waals surface area contributed by atoms with Gasteiger partial charge in [-0.2, -0.15) is 0 Å². The molecule has 1 atom stereocenters. The van der Waals surface area contributed by atoms with Gasteiger partial charge < -0.3 is 10.2 Å². The molecule has 1 heterocycles. The molecule has 1 fully saturated rings. The lowest BCUT2D eigenvalue weighted by atomic mass is 9.90. The molecule has 20 heavy (non-hydrogen) atoms. The lowest BCUT2D eigenvalue weighted by molar-refractivity contribution is 0.204. The predicted molar refractivity (Wildman–Crippen MR) is 85.0 cm³/mol. The van der Waals surface area contributed by atoms with Gasteiger partial charge in [-0.15, -0.1) is 0 Å². The van der Waals surface area contributed by atoms with E-state index < -0.39 is 0 Å². The Morgan fingerprint density at radius 3 is 2.65 bits per heavy atom. The van der Waals surface area contributed by atoms with Crippen LogP contribution in [0, 0.1) is 0 Å². The molecular formula is C18H28N2. The molecule has 3 rings (SSSR count). The lowest BCUT2D eigenvalue weighted by Crippen LogP contribution is -2.39. The van der Waals surface area contributed by atoms with Gasteiger partial charge in [-0.1, -0.05) is 49.9 Å². The third-order valence-corrected chi connectivity index (χ3v) is 5.16. The normalized spacial score (nSPS) is 24.4. The Balaban J connectivity index is 1.65. The highest BCUT2D eigenvalue weighted by molar-refractivity contribution is 5.32. The van der Waals surface area contributed by atoms with Crippen LogP contribution < -0.4 is 5.32 Å². The zero-order valence-electron chi connectivity index (χ0n) is 12.8. The monoisotopic (exact) mass is 272 g/mol. The Labute approximate surface area is 123 Å². The third-order valence-electron chi connectivity index (χ3n) is 5.16. The van der Waals surface area contributed by atoms with E-state index in [1.807, 2.05) is 0 Å². The van der Waals surface area contributed by atoms with Crippen LogP contribution in [0.1, 0.15) is 55.6 Å². The Morgan fingerprint density at radius 1 is 1.10 bits per heavy atom. The standard InChI is InChI=1S/C18H28N2/c1-20(17-9-4-2-3-5-10-17)14-16-13-19-12-15-8-6-7-11-18(15)16/h6-8,11,16-17,19H,2-5,9-10,12-14H2,1H3. The van der Waals surface area contributed by atoms with Crippen LogP contribution in [0.15, 0.2) is 24.3 Å². The summed E-state index contributed by atoms with van der Waals surface area (Å²) in [6.45, 7) is 3.38. The summed E-state index contributed by atoms with van der Waals surface area (Å²) < 4.78 is 0. The van der Waals surface area contributed by atoms with Gasteiger partial charge >= 0.3 is 0 Å². The van der Waals surface area contributed by atoms with Crippen LogP contribution in [-0.2, 0) is 6.54 Å². The molecule has 110 valence electrons. The van der Waals surface area contributed by atoms with Crippen molar-refractivity contribution in [2.45, 2.75) is 57.0 Å². The van der Waals surface area contributed by atoms with Crippen molar-refractivity contribution in [3.63, 3.8) is 0 Å². The van der Waals surface area contributed by atoms with Crippen LogP contribution in [0.3, 0.4) is 0 Å². The Kier molecular flexibility index (Phi) is 4.74. The number of hydrogen-bond donors (Lipinski definition) is 1. The molecule has 0 amide bonds. The summed E-state index contributed by atoms with van der Waals surface area (Å²) in [6.07, 6.45) is 8.54. The largest absolute Gasteiger partial charge is 0.312 e. The predicted octanol–water partition coefficient (Wildman–Crippen LogP) is 3.53. The highest BCUT2D eigenvalue weighted by atomic mass is 15.1. The van der Waals surface area contributed by atoms with E-state index in [0.717, 1.165) is 19.1 Å². The summed E-state index contributed by atoms with van der Waals surface area (Å²) in [4.78, 5) is 2.64. The SMILES string of the molecule is CN(CC1CNCc2ccccc21)C1CCCCCC1. The zero-order chi connectivity index (χ0) is 13.8. The smallest absolute Gasteiger partial charge is 0.0208 e. The summed E-state index contributed by atoms with van der Waals surface area (Å²) in [5.41, 5.74) is 3.07. The van der Waals surface area contributed by atoms with Gasteiger partial charge in [-0.3, -0.25) is 0 Å². The molecule has 1 unspecified atom stereocenters. The average Bonchev–Trinajstić information content (AvgIpc) is 2.77. The molecule has 2 nitrogen and oxygen atoms in total. The van der Waals surface area contributed by atoms with E-state index >= 15 is 0 Å². The van der Waals surface area contributed by atoms with Gasteiger partial charge in [0.2, 0.25) is 0 Å². The minimum Gasteiger partial charge on any atom is -0.312 e. The van der Waals surface area contributed by atoms with E-state index in [9.17, 15) is 0 Å². The van der Waals surface area contributed by atoms with Crippen molar-refractivity contribution < 1.29 is 0 Å². The van der Waals surface area contributed by atoms with Gasteiger partial charge in [-0.05, 0) is 31.0 Å². The molecule has 0 radical (unpaired) electrons. The maximum atomic E-state index is 3.58. The number of fused-ring (bicyclic) bond motifs is 1. The molecule has 2 aliphatic rings. The first-order chi connectivity index (χ1) is 9.84. The Hall–Kier alpha value is -0.860. The number of likely N-dealkylation sites (N-methyl/N-ethyl adjacent to an activating group) is 1. The number of benzene rings is 1. The molecule has 1 aliphatic heterocycles. The second-order valence-corrected chi connectivity index (χ2v) is 6.61. The van der Waals surface area contributed by atoms with Gasteiger partial charge in [0.15, 0.2) is 0 Å². The van der Waals surface area contributed by atoms with Crippen molar-refractivity contribution in [1.82, 2.24) is 10.2 Å². The molecular weight excluding hydrogens is 244 g/mol. The molecule has 0 spiro atoms. The summed E-state index contributed by atoms with van der Waals surface area (Å²) in [5, 5.41) is 3.58. The first kappa shape index (κ1) is 14.1. The van der Waals surface area contributed by atoms with Crippen molar-refractivity contribution in [1.29, 1.82) is 0 Å². The van der Waals surface area contributed by atoms with Crippen molar-refractivity contribution in [3.05, 3.63) is 35.4 Å². The first-order valence-electron chi connectivity index (χ1n) is 8.33. The van der Waals surface area contributed by atoms with Gasteiger partial charge in [-0.25, -0.2) is 0 Å². The summed E-state index contributed by atoms with van der Waals surface area (Å²) >= 11 is 0. The fraction of sp³-hybridized carbons (Fsp3) is 0.667. The maximum absolute atomic E-state index is 3.58. The van der Waals surface area contributed by atoms with Crippen LogP contribution in [0.4, 0.5) is 0 Å². The van der Waals surface area contributed by atoms with E-state index in [-0.39, 0.29) is 0 Å². The summed E-state index contributed by atoms with van der Waals surface area (Å²) in [7, 11) is 2.34. The van der Waals surface area contributed by atoms with Crippen molar-refractivity contribution in [3.8, 4) is 0 Å². The highest BCUT2D eigenvalue weighted by Gasteiger charge is 2.24. The van der Waals surface area contributed by atoms with E-state index in [4.69, 9.17) is 0 Å². The quantitative estimate of drug-likeness (QED) is 0.847. The van der Waals surface area contributed by atoms with E-state index in [0.29, 0.717) is 5.92 Å². The molecule has 1 saturated carbocycles. The summed E-state index contributed by atoms with van der Waals surface area (Å²) in [6, 6.07) is 9.79. The second-order valence-electron chi connectivity index (χ2n) is 6.61. The van der Waals surface area contributed by atoms with E-state index in [2.05, 4.69) is 41.5 Å². The van der Waals surface area contributed by atoms with Gasteiger partial charge in [0.25, 0.3) is 0 Å². The summed E-state index contributed by atoms with van der Waals surface area (Å²) in [5.74, 6) is 0.660. The van der Waals surface area contributed by atoms with Crippen LogP contribution >= 0.6 is 0 Å². The Bertz CT molecular complexity index is 421. The zero-order valence-corrected chi connectivity index (χ0v) is 12.8. The molecule has 0 bridgehead atoms. The molecule has 1 aliphatic carbocycles. The molecule has 1 N–H and O–H groups in total. The van der Waals surface area contributed by atoms with Crippen molar-refractivity contribution in [2.75, 3.05) is 20.1 Å². The number of hydrogen-bond acceptors (Lipinski definition) is 2. The fourth-order valence-corrected chi connectivity index (χ4v) is 3.94. The third kappa shape index (κ3) is 3.24. The second kappa shape index (κ2) is 6.73. The van der Waals surface area contributed by atoms with Crippen molar-refractivity contribution >= 4 is 0 Å². The number of rotatable bonds is 3. The first-order valence-corrected chi connectivity index (χ1v) is 8.33. The number of nitrogens with one attached hydrogen (secondary N) is 1. The molecule has 1 aromatic carbocycles. The fourth-order valence-electron chi connectivity index (χ4n) is 3.94. The van der Waals surface area contributed by atoms with Crippen LogP contribution in [0.5, 0.6) is 0 Å². The average molecular weight is 272 g/mol. The molecule has 0 aromatic heterocycles. The van der Waals surface area contributed by atoms with Gasteiger partial charge in [0.1, 0.15) is 0 Å². The van der Waals surface area contributed by atoms with Crippen LogP contribution in [-0.4, -0.2) is 31.1 Å². The van der Waals surface area contributed by atoms with Crippen molar-refractivity contribution in [2.24, 2.45) is 0 Å².